The summed E-state index contributed by atoms with van der Waals surface area (Å²) in [6.07, 6.45) is 0. The summed E-state index contributed by atoms with van der Waals surface area (Å²) in [6, 6.07) is 73.5. The highest BCUT2D eigenvalue weighted by Crippen LogP contribution is 2.41. The molecule has 9 aromatic carbocycles. The molecule has 0 fully saturated rings. The van der Waals surface area contributed by atoms with Crippen LogP contribution in [0.15, 0.2) is 221 Å². The molecule has 0 radical (unpaired) electrons. The zero-order valence-electron chi connectivity index (χ0n) is 33.4. The van der Waals surface area contributed by atoms with E-state index in [2.05, 4.69) is 140 Å². The van der Waals surface area contributed by atoms with Crippen molar-refractivity contribution in [2.75, 3.05) is 0 Å². The minimum Gasteiger partial charge on any atom is -0.456 e. The van der Waals surface area contributed by atoms with E-state index >= 15 is 0 Å². The van der Waals surface area contributed by atoms with E-state index in [4.69, 9.17) is 23.8 Å². The molecule has 3 heterocycles. The average Bonchev–Trinajstić information content (AvgIpc) is 3.93. The van der Waals surface area contributed by atoms with Crippen LogP contribution in [0.2, 0.25) is 0 Å². The molecule has 0 saturated carbocycles. The van der Waals surface area contributed by atoms with Crippen molar-refractivity contribution in [3.8, 4) is 78.7 Å². The lowest BCUT2D eigenvalue weighted by atomic mass is 9.96. The standard InChI is InChI=1S/C57H35N3O2/c1-4-13-36(14-5-1)41-19-10-20-42(33-41)38-25-27-39(28-26-38)44-30-32-50-48(35-44)54-46(22-12-24-52(54)62-50)57-59-55(40-17-8-3-9-18-40)58-56(60-57)45-21-11-23-51-53(45)47-34-43(29-31-49(47)61-51)37-15-6-2-7-16-37/h1-35H. The third-order valence-electron chi connectivity index (χ3n) is 11.8. The van der Waals surface area contributed by atoms with E-state index in [9.17, 15) is 0 Å². The lowest BCUT2D eigenvalue weighted by Gasteiger charge is -2.10. The molecule has 0 aliphatic carbocycles. The van der Waals surface area contributed by atoms with Crippen LogP contribution in [-0.4, -0.2) is 15.0 Å². The average molecular weight is 794 g/mol. The Morgan fingerprint density at radius 2 is 0.597 bits per heavy atom. The number of nitrogens with zero attached hydrogens (tertiary/aromatic N) is 3. The molecule has 0 atom stereocenters. The summed E-state index contributed by atoms with van der Waals surface area (Å²) in [7, 11) is 0. The number of hydrogen-bond donors (Lipinski definition) is 0. The fourth-order valence-corrected chi connectivity index (χ4v) is 8.71. The maximum atomic E-state index is 6.52. The van der Waals surface area contributed by atoms with Crippen LogP contribution >= 0.6 is 0 Å². The normalized spacial score (nSPS) is 11.5. The van der Waals surface area contributed by atoms with Crippen LogP contribution in [0.1, 0.15) is 0 Å². The molecule has 0 N–H and O–H groups in total. The van der Waals surface area contributed by atoms with Crippen molar-refractivity contribution >= 4 is 43.9 Å². The van der Waals surface area contributed by atoms with Gasteiger partial charge >= 0.3 is 0 Å². The summed E-state index contributed by atoms with van der Waals surface area (Å²) in [4.78, 5) is 15.6. The molecule has 0 unspecified atom stereocenters. The van der Waals surface area contributed by atoms with Crippen molar-refractivity contribution in [2.24, 2.45) is 0 Å². The number of fused-ring (bicyclic) bond motifs is 6. The molecule has 5 nitrogen and oxygen atoms in total. The van der Waals surface area contributed by atoms with Gasteiger partial charge < -0.3 is 8.83 Å². The lowest BCUT2D eigenvalue weighted by Crippen LogP contribution is -2.00. The van der Waals surface area contributed by atoms with Crippen molar-refractivity contribution in [2.45, 2.75) is 0 Å². The van der Waals surface area contributed by atoms with Gasteiger partial charge in [-0.25, -0.2) is 15.0 Å². The Morgan fingerprint density at radius 3 is 1.06 bits per heavy atom. The topological polar surface area (TPSA) is 65.0 Å². The van der Waals surface area contributed by atoms with Gasteiger partial charge in [0.25, 0.3) is 0 Å². The van der Waals surface area contributed by atoms with Crippen LogP contribution in [0, 0.1) is 0 Å². The fraction of sp³-hybridized carbons (Fsp3) is 0. The summed E-state index contributed by atoms with van der Waals surface area (Å²) in [5, 5.41) is 3.91. The summed E-state index contributed by atoms with van der Waals surface area (Å²) in [5.74, 6) is 1.71. The Morgan fingerprint density at radius 1 is 0.242 bits per heavy atom. The van der Waals surface area contributed by atoms with Gasteiger partial charge in [-0.3, -0.25) is 0 Å². The minimum absolute atomic E-state index is 0.560. The fourth-order valence-electron chi connectivity index (χ4n) is 8.71. The molecule has 0 aliphatic rings. The quantitative estimate of drug-likeness (QED) is 0.161. The van der Waals surface area contributed by atoms with E-state index in [0.717, 1.165) is 82.8 Å². The largest absolute Gasteiger partial charge is 0.456 e. The maximum Gasteiger partial charge on any atom is 0.164 e. The molecule has 0 amide bonds. The Balaban J connectivity index is 0.989. The van der Waals surface area contributed by atoms with E-state index < -0.39 is 0 Å². The molecule has 0 bridgehead atoms. The van der Waals surface area contributed by atoms with Crippen LogP contribution in [0.5, 0.6) is 0 Å². The summed E-state index contributed by atoms with van der Waals surface area (Å²) < 4.78 is 13.0. The molecule has 12 rings (SSSR count). The maximum absolute atomic E-state index is 6.52. The van der Waals surface area contributed by atoms with E-state index in [0.29, 0.717) is 17.5 Å². The third-order valence-corrected chi connectivity index (χ3v) is 11.8. The first-order chi connectivity index (χ1) is 30.7. The number of benzene rings is 9. The highest BCUT2D eigenvalue weighted by atomic mass is 16.3. The number of furan rings is 2. The SMILES string of the molecule is c1ccc(-c2cccc(-c3ccc(-c4ccc5oc6cccc(-c7nc(-c8ccccc8)nc(-c8cccc9oc%10ccc(-c%11ccccc%11)cc%10c89)n7)c6c5c4)cc3)c2)cc1. The van der Waals surface area contributed by atoms with Gasteiger partial charge in [0, 0.05) is 38.2 Å². The smallest absolute Gasteiger partial charge is 0.164 e. The van der Waals surface area contributed by atoms with Crippen LogP contribution in [0.25, 0.3) is 123 Å². The highest BCUT2D eigenvalue weighted by molar-refractivity contribution is 6.14. The van der Waals surface area contributed by atoms with Crippen molar-refractivity contribution in [3.63, 3.8) is 0 Å². The van der Waals surface area contributed by atoms with Crippen molar-refractivity contribution in [1.29, 1.82) is 0 Å². The number of hydrogen-bond acceptors (Lipinski definition) is 5. The molecule has 3 aromatic heterocycles. The first kappa shape index (κ1) is 35.5. The summed E-state index contributed by atoms with van der Waals surface area (Å²) >= 11 is 0. The molecule has 62 heavy (non-hydrogen) atoms. The molecule has 0 saturated heterocycles. The lowest BCUT2D eigenvalue weighted by molar-refractivity contribution is 0.668. The van der Waals surface area contributed by atoms with E-state index in [1.54, 1.807) is 0 Å². The number of aromatic nitrogens is 3. The molecular formula is C57H35N3O2. The second-order valence-corrected chi connectivity index (χ2v) is 15.5. The Labute approximate surface area is 357 Å². The van der Waals surface area contributed by atoms with E-state index in [1.807, 2.05) is 72.8 Å². The van der Waals surface area contributed by atoms with E-state index in [1.165, 1.54) is 22.3 Å². The second kappa shape index (κ2) is 14.7. The Kier molecular flexibility index (Phi) is 8.42. The van der Waals surface area contributed by atoms with Crippen LogP contribution in [0.3, 0.4) is 0 Å². The molecule has 0 aliphatic heterocycles. The van der Waals surface area contributed by atoms with Crippen LogP contribution in [0.4, 0.5) is 0 Å². The zero-order valence-corrected chi connectivity index (χ0v) is 33.4. The monoisotopic (exact) mass is 793 g/mol. The third kappa shape index (κ3) is 6.23. The van der Waals surface area contributed by atoms with Crippen LogP contribution < -0.4 is 0 Å². The molecular weight excluding hydrogens is 759 g/mol. The summed E-state index contributed by atoms with van der Waals surface area (Å²) in [5.41, 5.74) is 15.0. The molecule has 12 aromatic rings. The van der Waals surface area contributed by atoms with Gasteiger partial charge in [0.15, 0.2) is 17.5 Å². The highest BCUT2D eigenvalue weighted by Gasteiger charge is 2.21. The van der Waals surface area contributed by atoms with Crippen LogP contribution in [-0.2, 0) is 0 Å². The predicted octanol–water partition coefficient (Wildman–Crippen LogP) is 15.3. The molecule has 0 spiro atoms. The van der Waals surface area contributed by atoms with Gasteiger partial charge in [0.05, 0.1) is 0 Å². The second-order valence-electron chi connectivity index (χ2n) is 15.5. The summed E-state index contributed by atoms with van der Waals surface area (Å²) in [6.45, 7) is 0. The molecule has 290 valence electrons. The van der Waals surface area contributed by atoms with Crippen molar-refractivity contribution in [3.05, 3.63) is 212 Å². The van der Waals surface area contributed by atoms with Gasteiger partial charge in [-0.15, -0.1) is 0 Å². The zero-order chi connectivity index (χ0) is 41.0. The predicted molar refractivity (Wildman–Crippen MR) is 252 cm³/mol. The number of rotatable bonds is 7. The van der Waals surface area contributed by atoms with Gasteiger partial charge in [0.1, 0.15) is 22.3 Å². The van der Waals surface area contributed by atoms with Crippen molar-refractivity contribution in [1.82, 2.24) is 15.0 Å². The first-order valence-electron chi connectivity index (χ1n) is 20.7. The van der Waals surface area contributed by atoms with Crippen molar-refractivity contribution < 1.29 is 8.83 Å². The van der Waals surface area contributed by atoms with Gasteiger partial charge in [-0.2, -0.15) is 0 Å². The van der Waals surface area contributed by atoms with E-state index in [-0.39, 0.29) is 0 Å². The van der Waals surface area contributed by atoms with Gasteiger partial charge in [0.2, 0.25) is 0 Å². The molecule has 5 heteroatoms. The minimum atomic E-state index is 0.560. The van der Waals surface area contributed by atoms with Gasteiger partial charge in [-0.1, -0.05) is 170 Å². The van der Waals surface area contributed by atoms with Gasteiger partial charge in [-0.05, 0) is 87.0 Å². The Hall–Kier alpha value is -8.41. The first-order valence-corrected chi connectivity index (χ1v) is 20.7. The Bertz CT molecular complexity index is 3610.